The first-order chi connectivity index (χ1) is 8.15. The van der Waals surface area contributed by atoms with Crippen molar-refractivity contribution in [2.75, 3.05) is 0 Å². The highest BCUT2D eigenvalue weighted by molar-refractivity contribution is 6.10. The van der Waals surface area contributed by atoms with Crippen molar-refractivity contribution in [1.29, 1.82) is 0 Å². The summed E-state index contributed by atoms with van der Waals surface area (Å²) in [5.74, 6) is -0.722. The molecule has 17 heavy (non-hydrogen) atoms. The molecule has 0 atom stereocenters. The van der Waals surface area contributed by atoms with Gasteiger partial charge in [0.2, 0.25) is 6.41 Å². The molecule has 0 aliphatic rings. The quantitative estimate of drug-likeness (QED) is 0.487. The molecule has 0 saturated carbocycles. The van der Waals surface area contributed by atoms with Gasteiger partial charge in [-0.05, 0) is 29.3 Å². The van der Waals surface area contributed by atoms with Crippen molar-refractivity contribution in [3.63, 3.8) is 0 Å². The number of hydroxylamine groups is 2. The molecule has 86 valence electrons. The zero-order valence-electron chi connectivity index (χ0n) is 9.25. The van der Waals surface area contributed by atoms with Crippen LogP contribution < -0.4 is 0 Å². The lowest BCUT2D eigenvalue weighted by atomic mass is 9.99. The minimum atomic E-state index is -0.722. The van der Waals surface area contributed by atoms with E-state index in [9.17, 15) is 9.59 Å². The second-order valence-corrected chi connectivity index (χ2v) is 3.73. The summed E-state index contributed by atoms with van der Waals surface area (Å²) < 4.78 is 0. The van der Waals surface area contributed by atoms with E-state index in [2.05, 4.69) is 0 Å². The first-order valence-electron chi connectivity index (χ1n) is 5.11. The Bertz CT molecular complexity index is 587. The van der Waals surface area contributed by atoms with E-state index in [1.54, 1.807) is 12.1 Å². The molecule has 4 nitrogen and oxygen atoms in total. The lowest BCUT2D eigenvalue weighted by Crippen LogP contribution is -2.25. The molecular weight excluding hydrogens is 218 g/mol. The van der Waals surface area contributed by atoms with Crippen LogP contribution in [0.15, 0.2) is 36.4 Å². The third kappa shape index (κ3) is 1.90. The van der Waals surface area contributed by atoms with Gasteiger partial charge in [0, 0.05) is 0 Å². The van der Waals surface area contributed by atoms with E-state index in [1.165, 1.54) is 0 Å². The minimum Gasteiger partial charge on any atom is -0.278 e. The van der Waals surface area contributed by atoms with Crippen molar-refractivity contribution in [1.82, 2.24) is 5.06 Å². The van der Waals surface area contributed by atoms with Crippen LogP contribution >= 0.6 is 0 Å². The van der Waals surface area contributed by atoms with E-state index in [0.29, 0.717) is 5.56 Å². The van der Waals surface area contributed by atoms with E-state index in [0.717, 1.165) is 16.3 Å². The topological polar surface area (TPSA) is 57.6 Å². The lowest BCUT2D eigenvalue weighted by molar-refractivity contribution is -0.138. The Hall–Kier alpha value is -2.20. The fraction of sp³-hybridized carbons (Fsp3) is 0.0769. The highest BCUT2D eigenvalue weighted by atomic mass is 16.5. The van der Waals surface area contributed by atoms with Gasteiger partial charge in [0.15, 0.2) is 0 Å². The second kappa shape index (κ2) is 4.35. The average Bonchev–Trinajstić information content (AvgIpc) is 2.36. The molecule has 0 radical (unpaired) electrons. The Kier molecular flexibility index (Phi) is 2.89. The summed E-state index contributed by atoms with van der Waals surface area (Å²) in [6.45, 7) is 1.88. The predicted molar refractivity (Wildman–Crippen MR) is 62.7 cm³/mol. The molecule has 0 fully saturated rings. The lowest BCUT2D eigenvalue weighted by Gasteiger charge is -2.11. The van der Waals surface area contributed by atoms with Crippen molar-refractivity contribution in [2.24, 2.45) is 0 Å². The highest BCUT2D eigenvalue weighted by Gasteiger charge is 2.16. The van der Waals surface area contributed by atoms with Gasteiger partial charge >= 0.3 is 0 Å². The average molecular weight is 229 g/mol. The van der Waals surface area contributed by atoms with Crippen LogP contribution in [0.3, 0.4) is 0 Å². The molecule has 0 aliphatic carbocycles. The molecule has 4 heteroatoms. The molecule has 0 aromatic heterocycles. The molecule has 1 N–H and O–H groups in total. The van der Waals surface area contributed by atoms with Gasteiger partial charge in [-0.1, -0.05) is 30.3 Å². The van der Waals surface area contributed by atoms with Crippen LogP contribution in [-0.4, -0.2) is 22.6 Å². The smallest absolute Gasteiger partial charge is 0.278 e. The van der Waals surface area contributed by atoms with E-state index in [4.69, 9.17) is 5.21 Å². The van der Waals surface area contributed by atoms with Gasteiger partial charge in [-0.25, -0.2) is 0 Å². The number of aryl methyl sites for hydroxylation is 1. The van der Waals surface area contributed by atoms with Crippen molar-refractivity contribution >= 4 is 23.1 Å². The maximum absolute atomic E-state index is 11.8. The number of amides is 2. The zero-order valence-corrected chi connectivity index (χ0v) is 9.25. The molecule has 2 amide bonds. The molecule has 0 bridgehead atoms. The highest BCUT2D eigenvalue weighted by Crippen LogP contribution is 2.23. The van der Waals surface area contributed by atoms with Gasteiger partial charge in [-0.15, -0.1) is 0 Å². The zero-order chi connectivity index (χ0) is 12.4. The molecule has 2 aromatic carbocycles. The summed E-state index contributed by atoms with van der Waals surface area (Å²) in [5.41, 5.74) is 1.24. The standard InChI is InChI=1S/C13H11NO3/c1-9-4-2-5-10-6-3-7-11(12(9)10)13(16)14(17)8-15/h2-8,17H,1H3. The summed E-state index contributed by atoms with van der Waals surface area (Å²) in [6.07, 6.45) is 0.0828. The number of benzene rings is 2. The van der Waals surface area contributed by atoms with Crippen molar-refractivity contribution < 1.29 is 14.8 Å². The van der Waals surface area contributed by atoms with Crippen LogP contribution in [0.25, 0.3) is 10.8 Å². The molecule has 0 unspecified atom stereocenters. The number of imide groups is 1. The number of rotatable bonds is 2. The molecule has 0 spiro atoms. The van der Waals surface area contributed by atoms with E-state index >= 15 is 0 Å². The number of carbonyl (C=O) groups excluding carboxylic acids is 2. The largest absolute Gasteiger partial charge is 0.285 e. The van der Waals surface area contributed by atoms with Crippen molar-refractivity contribution in [3.05, 3.63) is 47.5 Å². The molecule has 0 heterocycles. The minimum absolute atomic E-state index is 0.0568. The molecule has 0 aliphatic heterocycles. The number of hydrogen-bond acceptors (Lipinski definition) is 3. The molecule has 0 saturated heterocycles. The van der Waals surface area contributed by atoms with Gasteiger partial charge < -0.3 is 0 Å². The van der Waals surface area contributed by atoms with Gasteiger partial charge in [-0.3, -0.25) is 14.8 Å². The fourth-order valence-corrected chi connectivity index (χ4v) is 1.88. The van der Waals surface area contributed by atoms with Gasteiger partial charge in [0.25, 0.3) is 5.91 Å². The summed E-state index contributed by atoms with van der Waals surface area (Å²) in [5, 5.41) is 10.9. The van der Waals surface area contributed by atoms with Gasteiger partial charge in [0.05, 0.1) is 5.56 Å². The molecular formula is C13H11NO3. The van der Waals surface area contributed by atoms with Gasteiger partial charge in [0.1, 0.15) is 0 Å². The van der Waals surface area contributed by atoms with E-state index in [1.807, 2.05) is 31.2 Å². The number of hydrogen-bond donors (Lipinski definition) is 1. The summed E-state index contributed by atoms with van der Waals surface area (Å²) >= 11 is 0. The van der Waals surface area contributed by atoms with Crippen LogP contribution in [0, 0.1) is 6.92 Å². The summed E-state index contributed by atoms with van der Waals surface area (Å²) in [7, 11) is 0. The Morgan fingerprint density at radius 2 is 1.88 bits per heavy atom. The number of carbonyl (C=O) groups is 2. The van der Waals surface area contributed by atoms with E-state index in [-0.39, 0.29) is 11.5 Å². The maximum atomic E-state index is 11.8. The van der Waals surface area contributed by atoms with Crippen molar-refractivity contribution in [2.45, 2.75) is 6.92 Å². The van der Waals surface area contributed by atoms with Crippen LogP contribution in [-0.2, 0) is 4.79 Å². The number of nitrogens with zero attached hydrogens (tertiary/aromatic N) is 1. The van der Waals surface area contributed by atoms with Crippen LogP contribution in [0.5, 0.6) is 0 Å². The van der Waals surface area contributed by atoms with E-state index < -0.39 is 5.91 Å². The Balaban J connectivity index is 2.70. The fourth-order valence-electron chi connectivity index (χ4n) is 1.88. The first-order valence-corrected chi connectivity index (χ1v) is 5.11. The Morgan fingerprint density at radius 1 is 1.24 bits per heavy atom. The Morgan fingerprint density at radius 3 is 2.53 bits per heavy atom. The number of fused-ring (bicyclic) bond motifs is 1. The second-order valence-electron chi connectivity index (χ2n) is 3.73. The van der Waals surface area contributed by atoms with Crippen LogP contribution in [0.1, 0.15) is 15.9 Å². The third-order valence-corrected chi connectivity index (χ3v) is 2.65. The summed E-state index contributed by atoms with van der Waals surface area (Å²) in [4.78, 5) is 22.2. The van der Waals surface area contributed by atoms with Gasteiger partial charge in [-0.2, -0.15) is 5.06 Å². The maximum Gasteiger partial charge on any atom is 0.285 e. The SMILES string of the molecule is Cc1cccc2cccc(C(=O)N(O)C=O)c12. The first kappa shape index (κ1) is 11.3. The molecule has 2 rings (SSSR count). The Labute approximate surface area is 98.0 Å². The summed E-state index contributed by atoms with van der Waals surface area (Å²) in [6, 6.07) is 10.8. The monoisotopic (exact) mass is 229 g/mol. The molecule has 2 aromatic rings. The van der Waals surface area contributed by atoms with Crippen LogP contribution in [0.2, 0.25) is 0 Å². The normalized spacial score (nSPS) is 10.2. The third-order valence-electron chi connectivity index (χ3n) is 2.65. The van der Waals surface area contributed by atoms with Crippen LogP contribution in [0.4, 0.5) is 0 Å². The van der Waals surface area contributed by atoms with Crippen molar-refractivity contribution in [3.8, 4) is 0 Å². The predicted octanol–water partition coefficient (Wildman–Crippen LogP) is 2.14.